The number of hydrogen-bond donors (Lipinski definition) is 4. The zero-order valence-corrected chi connectivity index (χ0v) is 19.2. The fraction of sp³-hybridized carbons (Fsp3) is 0.875. The Bertz CT molecular complexity index is 483. The lowest BCUT2D eigenvalue weighted by molar-refractivity contribution is -0.287. The first-order chi connectivity index (χ1) is 15.0. The van der Waals surface area contributed by atoms with Gasteiger partial charge < -0.3 is 29.9 Å². The zero-order chi connectivity index (χ0) is 22.9. The number of carbonyl (C=O) groups excluding carboxylic acids is 1. The Morgan fingerprint density at radius 1 is 0.774 bits per heavy atom. The molecule has 31 heavy (non-hydrogen) atoms. The number of carbonyl (C=O) groups is 1. The van der Waals surface area contributed by atoms with Crippen molar-refractivity contribution in [1.82, 2.24) is 0 Å². The van der Waals surface area contributed by atoms with Gasteiger partial charge in [0.25, 0.3) is 0 Å². The third-order valence-electron chi connectivity index (χ3n) is 5.74. The SMILES string of the molecule is CCCCCCCC/C=C/CCCCCCCC(=O)OC[C@H]1O[C@H](O)[C@H](O)[C@@H](O)[C@@H]1O. The van der Waals surface area contributed by atoms with E-state index in [1.165, 1.54) is 51.4 Å². The van der Waals surface area contributed by atoms with Crippen LogP contribution < -0.4 is 0 Å². The summed E-state index contributed by atoms with van der Waals surface area (Å²) in [5.41, 5.74) is 0. The maximum absolute atomic E-state index is 11.8. The molecule has 0 spiro atoms. The lowest BCUT2D eigenvalue weighted by Crippen LogP contribution is -2.58. The van der Waals surface area contributed by atoms with Crippen molar-refractivity contribution >= 4 is 5.97 Å². The Balaban J connectivity index is 1.93. The highest BCUT2D eigenvalue weighted by Crippen LogP contribution is 2.20. The average molecular weight is 445 g/mol. The highest BCUT2D eigenvalue weighted by molar-refractivity contribution is 5.69. The van der Waals surface area contributed by atoms with Crippen molar-refractivity contribution in [1.29, 1.82) is 0 Å². The Morgan fingerprint density at radius 2 is 1.32 bits per heavy atom. The topological polar surface area (TPSA) is 116 Å². The summed E-state index contributed by atoms with van der Waals surface area (Å²) in [6, 6.07) is 0. The monoisotopic (exact) mass is 444 g/mol. The first kappa shape index (κ1) is 28.0. The second-order valence-electron chi connectivity index (χ2n) is 8.55. The van der Waals surface area contributed by atoms with E-state index in [9.17, 15) is 25.2 Å². The van der Waals surface area contributed by atoms with Crippen LogP contribution in [0.25, 0.3) is 0 Å². The quantitative estimate of drug-likeness (QED) is 0.154. The van der Waals surface area contributed by atoms with Gasteiger partial charge in [0.15, 0.2) is 6.29 Å². The van der Waals surface area contributed by atoms with Gasteiger partial charge in [0, 0.05) is 6.42 Å². The molecule has 1 saturated heterocycles. The average Bonchev–Trinajstić information content (AvgIpc) is 2.76. The minimum absolute atomic E-state index is 0.272. The number of esters is 1. The predicted octanol–water partition coefficient (Wildman–Crippen LogP) is 3.37. The summed E-state index contributed by atoms with van der Waals surface area (Å²) >= 11 is 0. The largest absolute Gasteiger partial charge is 0.463 e. The molecule has 7 nitrogen and oxygen atoms in total. The smallest absolute Gasteiger partial charge is 0.305 e. The number of unbranched alkanes of at least 4 members (excludes halogenated alkanes) is 11. The highest BCUT2D eigenvalue weighted by atomic mass is 16.6. The lowest BCUT2D eigenvalue weighted by atomic mass is 9.99. The van der Waals surface area contributed by atoms with Crippen LogP contribution in [0, 0.1) is 0 Å². The summed E-state index contributed by atoms with van der Waals surface area (Å²) in [6.45, 7) is 1.97. The Labute approximate surface area is 187 Å². The Morgan fingerprint density at radius 3 is 1.94 bits per heavy atom. The fourth-order valence-corrected chi connectivity index (χ4v) is 3.66. The molecule has 0 aromatic carbocycles. The summed E-state index contributed by atoms with van der Waals surface area (Å²) in [6.07, 6.45) is 13.1. The van der Waals surface area contributed by atoms with Crippen LogP contribution in [0.5, 0.6) is 0 Å². The molecule has 1 rings (SSSR count). The second-order valence-corrected chi connectivity index (χ2v) is 8.55. The lowest BCUT2D eigenvalue weighted by Gasteiger charge is -2.37. The van der Waals surface area contributed by atoms with Gasteiger partial charge in [0.1, 0.15) is 31.0 Å². The molecule has 182 valence electrons. The van der Waals surface area contributed by atoms with Crippen LogP contribution >= 0.6 is 0 Å². The van der Waals surface area contributed by atoms with Gasteiger partial charge in [-0.3, -0.25) is 4.79 Å². The molecule has 1 fully saturated rings. The molecular formula is C24H44O7. The van der Waals surface area contributed by atoms with Crippen LogP contribution in [0.3, 0.4) is 0 Å². The number of ether oxygens (including phenoxy) is 2. The number of aliphatic hydroxyl groups is 4. The van der Waals surface area contributed by atoms with Crippen LogP contribution in [-0.4, -0.2) is 63.7 Å². The van der Waals surface area contributed by atoms with Crippen LogP contribution in [-0.2, 0) is 14.3 Å². The molecular weight excluding hydrogens is 400 g/mol. The maximum atomic E-state index is 11.8. The van der Waals surface area contributed by atoms with E-state index in [2.05, 4.69) is 19.1 Å². The Kier molecular flexibility index (Phi) is 15.9. The molecule has 7 heteroatoms. The molecule has 0 aliphatic carbocycles. The van der Waals surface area contributed by atoms with Gasteiger partial charge in [-0.05, 0) is 32.1 Å². The van der Waals surface area contributed by atoms with E-state index in [0.29, 0.717) is 0 Å². The molecule has 0 radical (unpaired) electrons. The third-order valence-corrected chi connectivity index (χ3v) is 5.74. The van der Waals surface area contributed by atoms with Gasteiger partial charge in [-0.15, -0.1) is 0 Å². The minimum atomic E-state index is -1.62. The van der Waals surface area contributed by atoms with Crippen LogP contribution in [0.1, 0.15) is 96.8 Å². The minimum Gasteiger partial charge on any atom is -0.463 e. The van der Waals surface area contributed by atoms with Crippen molar-refractivity contribution in [3.05, 3.63) is 12.2 Å². The van der Waals surface area contributed by atoms with E-state index < -0.39 is 36.7 Å². The second kappa shape index (κ2) is 17.6. The van der Waals surface area contributed by atoms with Crippen molar-refractivity contribution in [2.24, 2.45) is 0 Å². The number of rotatable bonds is 17. The van der Waals surface area contributed by atoms with Gasteiger partial charge in [0.2, 0.25) is 0 Å². The molecule has 0 aromatic heterocycles. The number of allylic oxidation sites excluding steroid dienone is 2. The van der Waals surface area contributed by atoms with Crippen LogP contribution in [0.2, 0.25) is 0 Å². The van der Waals surface area contributed by atoms with E-state index in [-0.39, 0.29) is 13.0 Å². The van der Waals surface area contributed by atoms with Crippen molar-refractivity contribution in [2.75, 3.05) is 6.61 Å². The summed E-state index contributed by atoms with van der Waals surface area (Å²) < 4.78 is 10.0. The van der Waals surface area contributed by atoms with Crippen LogP contribution in [0.4, 0.5) is 0 Å². The van der Waals surface area contributed by atoms with E-state index >= 15 is 0 Å². The molecule has 1 heterocycles. The highest BCUT2D eigenvalue weighted by Gasteiger charge is 2.43. The molecule has 1 aliphatic rings. The number of hydrogen-bond acceptors (Lipinski definition) is 7. The number of aliphatic hydroxyl groups excluding tert-OH is 4. The fourth-order valence-electron chi connectivity index (χ4n) is 3.66. The molecule has 4 N–H and O–H groups in total. The molecule has 0 bridgehead atoms. The molecule has 1 aliphatic heterocycles. The van der Waals surface area contributed by atoms with Gasteiger partial charge >= 0.3 is 5.97 Å². The first-order valence-electron chi connectivity index (χ1n) is 12.2. The summed E-state index contributed by atoms with van der Waals surface area (Å²) in [7, 11) is 0. The molecule has 0 saturated carbocycles. The molecule has 0 amide bonds. The van der Waals surface area contributed by atoms with Crippen molar-refractivity contribution < 1.29 is 34.7 Å². The normalized spacial score (nSPS) is 26.4. The van der Waals surface area contributed by atoms with E-state index in [4.69, 9.17) is 9.47 Å². The van der Waals surface area contributed by atoms with Crippen molar-refractivity contribution in [3.8, 4) is 0 Å². The van der Waals surface area contributed by atoms with Crippen molar-refractivity contribution in [3.63, 3.8) is 0 Å². The zero-order valence-electron chi connectivity index (χ0n) is 19.2. The predicted molar refractivity (Wildman–Crippen MR) is 119 cm³/mol. The van der Waals surface area contributed by atoms with Gasteiger partial charge in [-0.25, -0.2) is 0 Å². The molecule has 5 atom stereocenters. The summed E-state index contributed by atoms with van der Waals surface area (Å²) in [5, 5.41) is 38.3. The Hall–Kier alpha value is -0.990. The maximum Gasteiger partial charge on any atom is 0.305 e. The van der Waals surface area contributed by atoms with Gasteiger partial charge in [-0.1, -0.05) is 70.4 Å². The molecule has 0 aromatic rings. The van der Waals surface area contributed by atoms with Crippen LogP contribution in [0.15, 0.2) is 12.2 Å². The standard InChI is InChI=1S/C24H44O7/c1-2-3-4-5-6-7-8-9-10-11-12-13-14-15-16-17-20(25)30-18-19-21(26)22(27)23(28)24(29)31-19/h9-10,19,21-24,26-29H,2-8,11-18H2,1H3/b10-9+/t19-,21-,22+,23-,24+/m1/s1. The van der Waals surface area contributed by atoms with E-state index in [1.54, 1.807) is 0 Å². The summed E-state index contributed by atoms with van der Waals surface area (Å²) in [4.78, 5) is 11.8. The third kappa shape index (κ3) is 12.6. The van der Waals surface area contributed by atoms with Gasteiger partial charge in [0.05, 0.1) is 0 Å². The van der Waals surface area contributed by atoms with Gasteiger partial charge in [-0.2, -0.15) is 0 Å². The first-order valence-corrected chi connectivity index (χ1v) is 12.2. The van der Waals surface area contributed by atoms with E-state index in [0.717, 1.165) is 32.1 Å². The summed E-state index contributed by atoms with van der Waals surface area (Å²) in [5.74, 6) is -0.400. The molecule has 0 unspecified atom stereocenters. The van der Waals surface area contributed by atoms with E-state index in [1.807, 2.05) is 0 Å². The van der Waals surface area contributed by atoms with Crippen molar-refractivity contribution in [2.45, 2.75) is 128 Å².